The van der Waals surface area contributed by atoms with Crippen molar-refractivity contribution in [1.82, 2.24) is 5.32 Å². The molecule has 0 aromatic carbocycles. The van der Waals surface area contributed by atoms with Crippen LogP contribution in [0, 0.1) is 11.3 Å². The highest BCUT2D eigenvalue weighted by Gasteiger charge is 2.20. The Morgan fingerprint density at radius 2 is 1.84 bits per heavy atom. The van der Waals surface area contributed by atoms with E-state index < -0.39 is 12.0 Å². The third-order valence-electron chi connectivity index (χ3n) is 3.18. The molecule has 0 fully saturated rings. The maximum atomic E-state index is 11.7. The molecule has 0 aromatic rings. The molecule has 1 atom stereocenters. The van der Waals surface area contributed by atoms with Crippen LogP contribution in [0.25, 0.3) is 0 Å². The van der Waals surface area contributed by atoms with Crippen molar-refractivity contribution in [2.75, 3.05) is 6.54 Å². The van der Waals surface area contributed by atoms with Crippen LogP contribution in [-0.2, 0) is 9.59 Å². The number of carboxylic acids is 1. The molecular formula is C14H28N2O3. The van der Waals surface area contributed by atoms with E-state index in [9.17, 15) is 9.59 Å². The monoisotopic (exact) mass is 272 g/mol. The first-order valence-corrected chi connectivity index (χ1v) is 6.89. The quantitative estimate of drug-likeness (QED) is 0.596. The van der Waals surface area contributed by atoms with E-state index in [0.717, 1.165) is 6.42 Å². The summed E-state index contributed by atoms with van der Waals surface area (Å²) >= 11 is 0. The van der Waals surface area contributed by atoms with Gasteiger partial charge in [-0.25, -0.2) is 0 Å². The highest BCUT2D eigenvalue weighted by molar-refractivity contribution is 5.81. The molecule has 5 heteroatoms. The summed E-state index contributed by atoms with van der Waals surface area (Å²) < 4.78 is 0. The van der Waals surface area contributed by atoms with Crippen LogP contribution in [0.2, 0.25) is 0 Å². The van der Waals surface area contributed by atoms with Gasteiger partial charge in [-0.15, -0.1) is 0 Å². The minimum absolute atomic E-state index is 0.0895. The Kier molecular flexibility index (Phi) is 7.68. The standard InChI is InChI=1S/C14H28N2O3/c1-10(2)9-11(15)13(19)16-8-7-14(3,4)6-5-12(17)18/h10-11H,5-9,15H2,1-4H3,(H,16,19)(H,17,18)/t11-/m1/s1. The number of hydrogen-bond donors (Lipinski definition) is 3. The van der Waals surface area contributed by atoms with E-state index in [2.05, 4.69) is 5.32 Å². The first kappa shape index (κ1) is 17.9. The van der Waals surface area contributed by atoms with Crippen LogP contribution in [0.15, 0.2) is 0 Å². The average molecular weight is 272 g/mol. The van der Waals surface area contributed by atoms with E-state index in [0.29, 0.717) is 25.3 Å². The van der Waals surface area contributed by atoms with Gasteiger partial charge in [-0.1, -0.05) is 27.7 Å². The lowest BCUT2D eigenvalue weighted by molar-refractivity contribution is -0.137. The number of carbonyl (C=O) groups excluding carboxylic acids is 1. The molecule has 4 N–H and O–H groups in total. The predicted molar refractivity (Wildman–Crippen MR) is 75.7 cm³/mol. The molecule has 0 saturated heterocycles. The van der Waals surface area contributed by atoms with Gasteiger partial charge in [0.25, 0.3) is 0 Å². The van der Waals surface area contributed by atoms with Crippen LogP contribution in [0.3, 0.4) is 0 Å². The number of hydrogen-bond acceptors (Lipinski definition) is 3. The van der Waals surface area contributed by atoms with E-state index in [1.807, 2.05) is 27.7 Å². The minimum Gasteiger partial charge on any atom is -0.481 e. The minimum atomic E-state index is -0.781. The van der Waals surface area contributed by atoms with Gasteiger partial charge in [0, 0.05) is 13.0 Å². The topological polar surface area (TPSA) is 92.4 Å². The lowest BCUT2D eigenvalue weighted by atomic mass is 9.84. The normalized spacial score (nSPS) is 13.4. The van der Waals surface area contributed by atoms with Gasteiger partial charge >= 0.3 is 5.97 Å². The Hall–Kier alpha value is -1.10. The molecule has 0 aliphatic rings. The number of aliphatic carboxylic acids is 1. The van der Waals surface area contributed by atoms with Crippen LogP contribution in [0.1, 0.15) is 53.4 Å². The lowest BCUT2D eigenvalue weighted by Crippen LogP contribution is -2.42. The SMILES string of the molecule is CC(C)C[C@@H](N)C(=O)NCCC(C)(C)CCC(=O)O. The van der Waals surface area contributed by atoms with Crippen molar-refractivity contribution in [1.29, 1.82) is 0 Å². The molecule has 0 aliphatic heterocycles. The molecule has 19 heavy (non-hydrogen) atoms. The van der Waals surface area contributed by atoms with E-state index in [1.54, 1.807) is 0 Å². The third kappa shape index (κ3) is 9.47. The number of amides is 1. The second-order valence-corrected chi connectivity index (χ2v) is 6.34. The molecule has 0 saturated carbocycles. The number of carbonyl (C=O) groups is 2. The number of carboxylic acid groups (broad SMARTS) is 1. The molecule has 0 unspecified atom stereocenters. The smallest absolute Gasteiger partial charge is 0.303 e. The summed E-state index contributed by atoms with van der Waals surface area (Å²) in [5, 5.41) is 11.5. The molecule has 0 heterocycles. The van der Waals surface area contributed by atoms with Crippen molar-refractivity contribution in [3.8, 4) is 0 Å². The van der Waals surface area contributed by atoms with Crippen LogP contribution in [0.4, 0.5) is 0 Å². The van der Waals surface area contributed by atoms with Gasteiger partial charge in [0.05, 0.1) is 6.04 Å². The van der Waals surface area contributed by atoms with E-state index in [-0.39, 0.29) is 17.7 Å². The second kappa shape index (κ2) is 8.15. The number of nitrogens with one attached hydrogen (secondary N) is 1. The van der Waals surface area contributed by atoms with Gasteiger partial charge in [0.15, 0.2) is 0 Å². The molecule has 0 rings (SSSR count). The van der Waals surface area contributed by atoms with Gasteiger partial charge in [-0.2, -0.15) is 0 Å². The largest absolute Gasteiger partial charge is 0.481 e. The Morgan fingerprint density at radius 1 is 1.26 bits per heavy atom. The second-order valence-electron chi connectivity index (χ2n) is 6.34. The van der Waals surface area contributed by atoms with Gasteiger partial charge in [-0.05, 0) is 30.6 Å². The summed E-state index contributed by atoms with van der Waals surface area (Å²) in [6.45, 7) is 8.62. The van der Waals surface area contributed by atoms with Gasteiger partial charge < -0.3 is 16.2 Å². The van der Waals surface area contributed by atoms with Crippen LogP contribution >= 0.6 is 0 Å². The van der Waals surface area contributed by atoms with E-state index >= 15 is 0 Å². The fourth-order valence-electron chi connectivity index (χ4n) is 1.84. The summed E-state index contributed by atoms with van der Waals surface area (Å²) in [6, 6.07) is -0.456. The van der Waals surface area contributed by atoms with E-state index in [4.69, 9.17) is 10.8 Å². The number of rotatable bonds is 9. The summed E-state index contributed by atoms with van der Waals surface area (Å²) in [6.07, 6.45) is 2.19. The van der Waals surface area contributed by atoms with Crippen LogP contribution < -0.4 is 11.1 Å². The molecular weight excluding hydrogens is 244 g/mol. The van der Waals surface area contributed by atoms with Gasteiger partial charge in [0.2, 0.25) is 5.91 Å². The molecule has 0 radical (unpaired) electrons. The predicted octanol–water partition coefficient (Wildman–Crippen LogP) is 1.76. The Balaban J connectivity index is 3.94. The summed E-state index contributed by atoms with van der Waals surface area (Å²) in [5.74, 6) is -0.508. The molecule has 1 amide bonds. The van der Waals surface area contributed by atoms with Crippen molar-refractivity contribution in [2.24, 2.45) is 17.1 Å². The van der Waals surface area contributed by atoms with E-state index in [1.165, 1.54) is 0 Å². The van der Waals surface area contributed by atoms with Crippen LogP contribution in [-0.4, -0.2) is 29.6 Å². The fraction of sp³-hybridized carbons (Fsp3) is 0.857. The molecule has 0 bridgehead atoms. The molecule has 0 aromatic heterocycles. The average Bonchev–Trinajstić information content (AvgIpc) is 2.25. The zero-order valence-corrected chi connectivity index (χ0v) is 12.5. The molecule has 0 spiro atoms. The molecule has 112 valence electrons. The highest BCUT2D eigenvalue weighted by Crippen LogP contribution is 2.25. The van der Waals surface area contributed by atoms with Crippen molar-refractivity contribution >= 4 is 11.9 Å². The Morgan fingerprint density at radius 3 is 2.32 bits per heavy atom. The van der Waals surface area contributed by atoms with Crippen LogP contribution in [0.5, 0.6) is 0 Å². The maximum Gasteiger partial charge on any atom is 0.303 e. The van der Waals surface area contributed by atoms with Crippen molar-refractivity contribution < 1.29 is 14.7 Å². The highest BCUT2D eigenvalue weighted by atomic mass is 16.4. The summed E-state index contributed by atoms with van der Waals surface area (Å²) in [7, 11) is 0. The zero-order chi connectivity index (χ0) is 15.1. The molecule has 0 aliphatic carbocycles. The first-order chi connectivity index (χ1) is 8.64. The van der Waals surface area contributed by atoms with Crippen molar-refractivity contribution in [2.45, 2.75) is 59.4 Å². The Bertz CT molecular complexity index is 301. The third-order valence-corrected chi connectivity index (χ3v) is 3.18. The maximum absolute atomic E-state index is 11.7. The lowest BCUT2D eigenvalue weighted by Gasteiger charge is -2.24. The molecule has 5 nitrogen and oxygen atoms in total. The zero-order valence-electron chi connectivity index (χ0n) is 12.5. The summed E-state index contributed by atoms with van der Waals surface area (Å²) in [4.78, 5) is 22.2. The Labute approximate surface area is 115 Å². The van der Waals surface area contributed by atoms with Gasteiger partial charge in [-0.3, -0.25) is 9.59 Å². The van der Waals surface area contributed by atoms with Crippen molar-refractivity contribution in [3.63, 3.8) is 0 Å². The first-order valence-electron chi connectivity index (χ1n) is 6.89. The number of nitrogens with two attached hydrogens (primary N) is 1. The fourth-order valence-corrected chi connectivity index (χ4v) is 1.84. The van der Waals surface area contributed by atoms with Crippen molar-refractivity contribution in [3.05, 3.63) is 0 Å². The van der Waals surface area contributed by atoms with Gasteiger partial charge in [0.1, 0.15) is 0 Å². The summed E-state index contributed by atoms with van der Waals surface area (Å²) in [5.41, 5.74) is 5.69.